The van der Waals surface area contributed by atoms with Crippen molar-refractivity contribution in [3.63, 3.8) is 0 Å². The lowest BCUT2D eigenvalue weighted by Crippen LogP contribution is -2.52. The van der Waals surface area contributed by atoms with Gasteiger partial charge < -0.3 is 10.2 Å². The predicted molar refractivity (Wildman–Crippen MR) is 142 cm³/mol. The summed E-state index contributed by atoms with van der Waals surface area (Å²) < 4.78 is 55.4. The zero-order chi connectivity index (χ0) is 28.0. The van der Waals surface area contributed by atoms with Gasteiger partial charge in [0, 0.05) is 12.6 Å². The first-order valence-corrected chi connectivity index (χ1v) is 13.5. The molecule has 3 aromatic rings. The molecule has 0 unspecified atom stereocenters. The van der Waals surface area contributed by atoms with Crippen LogP contribution in [0.4, 0.5) is 14.5 Å². The topological polar surface area (TPSA) is 86.8 Å². The van der Waals surface area contributed by atoms with Gasteiger partial charge in [0.2, 0.25) is 11.8 Å². The number of hydrogen-bond donors (Lipinski definition) is 1. The average molecular weight is 544 g/mol. The molecule has 0 heterocycles. The molecule has 0 bridgehead atoms. The Hall–Kier alpha value is -3.79. The quantitative estimate of drug-likeness (QED) is 0.411. The number of nitrogens with zero attached hydrogens (tertiary/aromatic N) is 2. The smallest absolute Gasteiger partial charge is 0.264 e. The van der Waals surface area contributed by atoms with Crippen LogP contribution in [-0.2, 0) is 26.2 Å². The minimum absolute atomic E-state index is 0.0455. The molecule has 0 aliphatic rings. The molecule has 0 fully saturated rings. The van der Waals surface area contributed by atoms with Gasteiger partial charge in [0.1, 0.15) is 24.2 Å². The maximum Gasteiger partial charge on any atom is 0.264 e. The van der Waals surface area contributed by atoms with Crippen LogP contribution in [0.1, 0.15) is 31.9 Å². The number of anilines is 1. The van der Waals surface area contributed by atoms with Gasteiger partial charge in [-0.2, -0.15) is 0 Å². The van der Waals surface area contributed by atoms with Crippen molar-refractivity contribution in [3.05, 3.63) is 95.6 Å². The van der Waals surface area contributed by atoms with Crippen LogP contribution in [0.25, 0.3) is 0 Å². The summed E-state index contributed by atoms with van der Waals surface area (Å²) in [6.45, 7) is 6.20. The molecule has 10 heteroatoms. The highest BCUT2D eigenvalue weighted by Gasteiger charge is 2.32. The lowest BCUT2D eigenvalue weighted by atomic mass is 10.1. The number of halogens is 2. The zero-order valence-electron chi connectivity index (χ0n) is 21.7. The molecule has 0 saturated heterocycles. The Balaban J connectivity index is 2.02. The first-order valence-electron chi connectivity index (χ1n) is 12.1. The van der Waals surface area contributed by atoms with Crippen LogP contribution in [0.2, 0.25) is 0 Å². The maximum absolute atomic E-state index is 13.7. The van der Waals surface area contributed by atoms with E-state index in [1.807, 2.05) is 6.92 Å². The van der Waals surface area contributed by atoms with Gasteiger partial charge in [-0.25, -0.2) is 17.2 Å². The second-order valence-corrected chi connectivity index (χ2v) is 11.2. The van der Waals surface area contributed by atoms with E-state index in [1.165, 1.54) is 60.4 Å². The summed E-state index contributed by atoms with van der Waals surface area (Å²) in [6.07, 6.45) is 0. The van der Waals surface area contributed by atoms with E-state index >= 15 is 0 Å². The van der Waals surface area contributed by atoms with E-state index in [0.29, 0.717) is 5.56 Å². The number of benzene rings is 3. The van der Waals surface area contributed by atoms with E-state index < -0.39 is 46.1 Å². The van der Waals surface area contributed by atoms with Gasteiger partial charge in [0.05, 0.1) is 10.6 Å². The van der Waals surface area contributed by atoms with Crippen molar-refractivity contribution in [1.29, 1.82) is 0 Å². The molecule has 0 aliphatic carbocycles. The number of sulfonamides is 1. The molecule has 3 rings (SSSR count). The number of rotatable bonds is 10. The third-order valence-corrected chi connectivity index (χ3v) is 7.65. The van der Waals surface area contributed by atoms with E-state index in [0.717, 1.165) is 22.0 Å². The van der Waals surface area contributed by atoms with E-state index in [2.05, 4.69) is 5.32 Å². The molecule has 0 spiro atoms. The molecule has 38 heavy (non-hydrogen) atoms. The molecule has 202 valence electrons. The number of carbonyl (C=O) groups excluding carboxylic acids is 2. The number of hydrogen-bond acceptors (Lipinski definition) is 4. The monoisotopic (exact) mass is 543 g/mol. The van der Waals surface area contributed by atoms with Gasteiger partial charge in [-0.3, -0.25) is 13.9 Å². The Morgan fingerprint density at radius 2 is 1.37 bits per heavy atom. The van der Waals surface area contributed by atoms with Crippen molar-refractivity contribution in [3.8, 4) is 0 Å². The van der Waals surface area contributed by atoms with E-state index in [-0.39, 0.29) is 23.2 Å². The summed E-state index contributed by atoms with van der Waals surface area (Å²) in [4.78, 5) is 27.8. The van der Waals surface area contributed by atoms with Crippen LogP contribution >= 0.6 is 0 Å². The molecule has 1 N–H and O–H groups in total. The first-order chi connectivity index (χ1) is 17.9. The standard InChI is InChI=1S/C28H31F2N3O4S/c1-19(2)31-28(35)21(4)32(17-22-7-9-23(29)10-8-22)27(34)18-33(25-13-11-24(30)12-14-25)38(36,37)26-15-5-20(3)6-16-26/h5-16,19,21H,17-18H2,1-4H3,(H,31,35)/t21-/m1/s1. The van der Waals surface area contributed by atoms with Gasteiger partial charge in [-0.15, -0.1) is 0 Å². The van der Waals surface area contributed by atoms with Crippen LogP contribution in [-0.4, -0.2) is 43.8 Å². The normalized spacial score (nSPS) is 12.2. The van der Waals surface area contributed by atoms with Gasteiger partial charge >= 0.3 is 0 Å². The fourth-order valence-electron chi connectivity index (χ4n) is 3.75. The average Bonchev–Trinajstić information content (AvgIpc) is 2.87. The van der Waals surface area contributed by atoms with Crippen molar-refractivity contribution in [1.82, 2.24) is 10.2 Å². The molecule has 2 amide bonds. The molecule has 3 aromatic carbocycles. The summed E-state index contributed by atoms with van der Waals surface area (Å²) in [6, 6.07) is 15.2. The fraction of sp³-hybridized carbons (Fsp3) is 0.286. The summed E-state index contributed by atoms with van der Waals surface area (Å²) in [5, 5.41) is 2.76. The number of amides is 2. The predicted octanol–water partition coefficient (Wildman–Crippen LogP) is 4.41. The summed E-state index contributed by atoms with van der Waals surface area (Å²) in [5.74, 6) is -2.11. The van der Waals surface area contributed by atoms with Crippen molar-refractivity contribution in [2.45, 2.75) is 51.2 Å². The minimum atomic E-state index is -4.24. The number of nitrogens with one attached hydrogen (secondary N) is 1. The summed E-state index contributed by atoms with van der Waals surface area (Å²) in [5.41, 5.74) is 1.49. The van der Waals surface area contributed by atoms with E-state index in [9.17, 15) is 26.8 Å². The van der Waals surface area contributed by atoms with Crippen LogP contribution < -0.4 is 9.62 Å². The Morgan fingerprint density at radius 3 is 1.89 bits per heavy atom. The fourth-order valence-corrected chi connectivity index (χ4v) is 5.16. The number of aryl methyl sites for hydroxylation is 1. The second-order valence-electron chi connectivity index (χ2n) is 9.29. The second kappa shape index (κ2) is 12.2. The highest BCUT2D eigenvalue weighted by molar-refractivity contribution is 7.92. The summed E-state index contributed by atoms with van der Waals surface area (Å²) >= 11 is 0. The van der Waals surface area contributed by atoms with Gasteiger partial charge in [0.25, 0.3) is 10.0 Å². The lowest BCUT2D eigenvalue weighted by molar-refractivity contribution is -0.139. The Bertz CT molecular complexity index is 1360. The van der Waals surface area contributed by atoms with E-state index in [4.69, 9.17) is 0 Å². The first kappa shape index (κ1) is 28.8. The van der Waals surface area contributed by atoms with Crippen molar-refractivity contribution in [2.24, 2.45) is 0 Å². The zero-order valence-corrected chi connectivity index (χ0v) is 22.5. The Labute approximate surface area is 222 Å². The Kier molecular flexibility index (Phi) is 9.22. The third-order valence-electron chi connectivity index (χ3n) is 5.87. The SMILES string of the molecule is Cc1ccc(S(=O)(=O)N(CC(=O)N(Cc2ccc(F)cc2)[C@H](C)C(=O)NC(C)C)c2ccc(F)cc2)cc1. The van der Waals surface area contributed by atoms with Gasteiger partial charge in [-0.05, 0) is 81.8 Å². The summed E-state index contributed by atoms with van der Waals surface area (Å²) in [7, 11) is -4.24. The maximum atomic E-state index is 13.7. The van der Waals surface area contributed by atoms with Crippen LogP contribution in [0.3, 0.4) is 0 Å². The highest BCUT2D eigenvalue weighted by atomic mass is 32.2. The Morgan fingerprint density at radius 1 is 0.842 bits per heavy atom. The van der Waals surface area contributed by atoms with Gasteiger partial charge in [-0.1, -0.05) is 29.8 Å². The lowest BCUT2D eigenvalue weighted by Gasteiger charge is -2.32. The minimum Gasteiger partial charge on any atom is -0.352 e. The van der Waals surface area contributed by atoms with E-state index in [1.54, 1.807) is 26.0 Å². The molecule has 0 aromatic heterocycles. The van der Waals surface area contributed by atoms with Crippen LogP contribution in [0.5, 0.6) is 0 Å². The molecule has 0 radical (unpaired) electrons. The van der Waals surface area contributed by atoms with Crippen molar-refractivity contribution in [2.75, 3.05) is 10.8 Å². The van der Waals surface area contributed by atoms with Crippen molar-refractivity contribution < 1.29 is 26.8 Å². The molecular weight excluding hydrogens is 512 g/mol. The highest BCUT2D eigenvalue weighted by Crippen LogP contribution is 2.25. The van der Waals surface area contributed by atoms with Crippen LogP contribution in [0.15, 0.2) is 77.7 Å². The van der Waals surface area contributed by atoms with Crippen molar-refractivity contribution >= 4 is 27.5 Å². The molecular formula is C28H31F2N3O4S. The third kappa shape index (κ3) is 7.16. The van der Waals surface area contributed by atoms with Crippen LogP contribution in [0, 0.1) is 18.6 Å². The molecule has 0 aliphatic heterocycles. The molecule has 0 saturated carbocycles. The van der Waals surface area contributed by atoms with Gasteiger partial charge in [0.15, 0.2) is 0 Å². The number of carbonyl (C=O) groups is 2. The largest absolute Gasteiger partial charge is 0.352 e. The molecule has 1 atom stereocenters. The molecule has 7 nitrogen and oxygen atoms in total.